The molecule has 0 aliphatic carbocycles. The molecule has 1 fully saturated rings. The monoisotopic (exact) mass is 144 g/mol. The smallest absolute Gasteiger partial charge is 0.352 e. The zero-order valence-electron chi connectivity index (χ0n) is 4.86. The summed E-state index contributed by atoms with van der Waals surface area (Å²) < 4.78 is 8.78. The first-order valence-corrected chi connectivity index (χ1v) is 2.46. The molecule has 0 aromatic carbocycles. The maximum absolute atomic E-state index is 10.3. The van der Waals surface area contributed by atoms with Crippen molar-refractivity contribution in [3.05, 3.63) is 12.0 Å². The lowest BCUT2D eigenvalue weighted by Crippen LogP contribution is -1.95. The molecule has 0 aromatic heterocycles. The Bertz CT molecular complexity index is 204. The number of ether oxygens (including phenoxy) is 2. The minimum absolute atomic E-state index is 0.209. The fourth-order valence-corrected chi connectivity index (χ4v) is 0.473. The SMILES string of the molecule is O=C(O)/C=C1\OCC(=O)O1. The van der Waals surface area contributed by atoms with E-state index in [2.05, 4.69) is 9.47 Å². The van der Waals surface area contributed by atoms with Crippen molar-refractivity contribution in [3.8, 4) is 0 Å². The molecule has 0 saturated carbocycles. The Morgan fingerprint density at radius 3 is 2.80 bits per heavy atom. The highest BCUT2D eigenvalue weighted by Gasteiger charge is 2.18. The third kappa shape index (κ3) is 1.48. The minimum Gasteiger partial charge on any atom is -0.478 e. The summed E-state index contributed by atoms with van der Waals surface area (Å²) in [6, 6.07) is 0. The van der Waals surface area contributed by atoms with Gasteiger partial charge in [-0.25, -0.2) is 9.59 Å². The Kier molecular flexibility index (Phi) is 1.57. The summed E-state index contributed by atoms with van der Waals surface area (Å²) in [6.07, 6.45) is 0.685. The molecule has 0 spiro atoms. The van der Waals surface area contributed by atoms with E-state index in [1.807, 2.05) is 0 Å². The first-order chi connectivity index (χ1) is 4.68. The number of carboxylic acids is 1. The molecule has 1 rings (SSSR count). The molecule has 0 radical (unpaired) electrons. The fraction of sp³-hybridized carbons (Fsp3) is 0.200. The van der Waals surface area contributed by atoms with E-state index in [0.29, 0.717) is 6.08 Å². The van der Waals surface area contributed by atoms with Gasteiger partial charge in [0.2, 0.25) is 0 Å². The van der Waals surface area contributed by atoms with E-state index < -0.39 is 11.9 Å². The van der Waals surface area contributed by atoms with E-state index in [0.717, 1.165) is 0 Å². The molecular weight excluding hydrogens is 140 g/mol. The molecule has 0 aromatic rings. The lowest BCUT2D eigenvalue weighted by molar-refractivity contribution is -0.134. The van der Waals surface area contributed by atoms with Gasteiger partial charge in [-0.3, -0.25) is 0 Å². The van der Waals surface area contributed by atoms with Crippen molar-refractivity contribution in [1.82, 2.24) is 0 Å². The Balaban J connectivity index is 2.59. The van der Waals surface area contributed by atoms with Crippen molar-refractivity contribution >= 4 is 11.9 Å². The number of carbonyl (C=O) groups is 2. The fourth-order valence-electron chi connectivity index (χ4n) is 0.473. The lowest BCUT2D eigenvalue weighted by Gasteiger charge is -1.89. The Morgan fingerprint density at radius 2 is 2.40 bits per heavy atom. The Morgan fingerprint density at radius 1 is 1.70 bits per heavy atom. The summed E-state index contributed by atoms with van der Waals surface area (Å²) in [6.45, 7) is -0.209. The number of carbonyl (C=O) groups excluding carboxylic acids is 1. The zero-order valence-corrected chi connectivity index (χ0v) is 4.86. The zero-order chi connectivity index (χ0) is 7.56. The number of hydrogen-bond acceptors (Lipinski definition) is 4. The third-order valence-electron chi connectivity index (χ3n) is 0.788. The van der Waals surface area contributed by atoms with Gasteiger partial charge in [-0.1, -0.05) is 0 Å². The van der Waals surface area contributed by atoms with Gasteiger partial charge in [0, 0.05) is 0 Å². The van der Waals surface area contributed by atoms with E-state index in [4.69, 9.17) is 5.11 Å². The number of esters is 1. The van der Waals surface area contributed by atoms with E-state index in [1.165, 1.54) is 0 Å². The van der Waals surface area contributed by atoms with Gasteiger partial charge in [0.25, 0.3) is 5.95 Å². The predicted octanol–water partition coefficient (Wildman–Crippen LogP) is -0.514. The Labute approximate surface area is 55.8 Å². The summed E-state index contributed by atoms with van der Waals surface area (Å²) >= 11 is 0. The summed E-state index contributed by atoms with van der Waals surface area (Å²) in [5, 5.41) is 8.11. The van der Waals surface area contributed by atoms with Crippen LogP contribution in [0.2, 0.25) is 0 Å². The number of carboxylic acid groups (broad SMARTS) is 1. The van der Waals surface area contributed by atoms with Crippen molar-refractivity contribution < 1.29 is 24.2 Å². The topological polar surface area (TPSA) is 72.8 Å². The van der Waals surface area contributed by atoms with Crippen LogP contribution in [0.5, 0.6) is 0 Å². The number of aliphatic carboxylic acids is 1. The van der Waals surface area contributed by atoms with Crippen LogP contribution >= 0.6 is 0 Å². The maximum Gasteiger partial charge on any atom is 0.352 e. The molecule has 0 amide bonds. The highest BCUT2D eigenvalue weighted by molar-refractivity contribution is 5.82. The van der Waals surface area contributed by atoms with Crippen LogP contribution < -0.4 is 0 Å². The van der Waals surface area contributed by atoms with Crippen LogP contribution in [0.3, 0.4) is 0 Å². The van der Waals surface area contributed by atoms with Crippen LogP contribution in [-0.4, -0.2) is 23.7 Å². The second-order valence-electron chi connectivity index (χ2n) is 1.56. The highest BCUT2D eigenvalue weighted by atomic mass is 16.7. The molecule has 5 nitrogen and oxygen atoms in total. The average Bonchev–Trinajstić information content (AvgIpc) is 2.13. The van der Waals surface area contributed by atoms with E-state index in [1.54, 1.807) is 0 Å². The molecule has 0 atom stereocenters. The second-order valence-corrected chi connectivity index (χ2v) is 1.56. The van der Waals surface area contributed by atoms with Crippen LogP contribution in [0.15, 0.2) is 12.0 Å². The predicted molar refractivity (Wildman–Crippen MR) is 27.8 cm³/mol. The van der Waals surface area contributed by atoms with Crippen molar-refractivity contribution in [2.75, 3.05) is 6.61 Å². The molecular formula is C5H4O5. The third-order valence-corrected chi connectivity index (χ3v) is 0.788. The first-order valence-electron chi connectivity index (χ1n) is 2.46. The molecule has 54 valence electrons. The summed E-state index contributed by atoms with van der Waals surface area (Å²) in [4.78, 5) is 20.2. The van der Waals surface area contributed by atoms with Crippen LogP contribution in [0.4, 0.5) is 0 Å². The van der Waals surface area contributed by atoms with Crippen molar-refractivity contribution in [2.24, 2.45) is 0 Å². The van der Waals surface area contributed by atoms with Crippen molar-refractivity contribution in [3.63, 3.8) is 0 Å². The number of cyclic esters (lactones) is 1. The van der Waals surface area contributed by atoms with Gasteiger partial charge >= 0.3 is 11.9 Å². The second kappa shape index (κ2) is 2.38. The van der Waals surface area contributed by atoms with Crippen LogP contribution in [0.25, 0.3) is 0 Å². The molecule has 0 bridgehead atoms. The summed E-state index contributed by atoms with van der Waals surface area (Å²) in [5.74, 6) is -2.03. The first kappa shape index (κ1) is 6.60. The van der Waals surface area contributed by atoms with Crippen molar-refractivity contribution in [1.29, 1.82) is 0 Å². The quantitative estimate of drug-likeness (QED) is 0.396. The van der Waals surface area contributed by atoms with Gasteiger partial charge in [0.1, 0.15) is 6.08 Å². The number of rotatable bonds is 1. The normalized spacial score (nSPS) is 20.4. The van der Waals surface area contributed by atoms with E-state index in [-0.39, 0.29) is 12.6 Å². The van der Waals surface area contributed by atoms with Crippen LogP contribution in [0, 0.1) is 0 Å². The molecule has 1 aliphatic rings. The minimum atomic E-state index is -1.20. The average molecular weight is 144 g/mol. The number of hydrogen-bond donors (Lipinski definition) is 1. The van der Waals surface area contributed by atoms with Crippen LogP contribution in [0.1, 0.15) is 0 Å². The summed E-state index contributed by atoms with van der Waals surface area (Å²) in [5.41, 5.74) is 0. The van der Waals surface area contributed by atoms with Crippen LogP contribution in [-0.2, 0) is 19.1 Å². The molecule has 10 heavy (non-hydrogen) atoms. The van der Waals surface area contributed by atoms with Gasteiger partial charge in [-0.2, -0.15) is 0 Å². The van der Waals surface area contributed by atoms with Crippen molar-refractivity contribution in [2.45, 2.75) is 0 Å². The Hall–Kier alpha value is -1.52. The van der Waals surface area contributed by atoms with Gasteiger partial charge < -0.3 is 14.6 Å². The molecule has 1 N–H and O–H groups in total. The standard InChI is InChI=1S/C5H4O5/c6-3(7)1-5-9-2-4(8)10-5/h1H,2H2,(H,6,7)/b5-1+. The largest absolute Gasteiger partial charge is 0.478 e. The van der Waals surface area contributed by atoms with E-state index >= 15 is 0 Å². The molecule has 1 saturated heterocycles. The molecule has 1 aliphatic heterocycles. The van der Waals surface area contributed by atoms with Gasteiger partial charge in [-0.05, 0) is 0 Å². The highest BCUT2D eigenvalue weighted by Crippen LogP contribution is 2.07. The van der Waals surface area contributed by atoms with E-state index in [9.17, 15) is 9.59 Å². The van der Waals surface area contributed by atoms with Gasteiger partial charge in [0.05, 0.1) is 0 Å². The maximum atomic E-state index is 10.3. The molecule has 5 heteroatoms. The molecule has 0 unspecified atom stereocenters. The van der Waals surface area contributed by atoms with Gasteiger partial charge in [-0.15, -0.1) is 0 Å². The summed E-state index contributed by atoms with van der Waals surface area (Å²) in [7, 11) is 0. The lowest BCUT2D eigenvalue weighted by atomic mass is 10.6. The molecule has 1 heterocycles. The van der Waals surface area contributed by atoms with Gasteiger partial charge in [0.15, 0.2) is 6.61 Å².